The molecular weight excluding hydrogens is 273 g/mol. The molecule has 0 spiro atoms. The second kappa shape index (κ2) is 5.55. The lowest BCUT2D eigenvalue weighted by Gasteiger charge is -2.13. The highest BCUT2D eigenvalue weighted by molar-refractivity contribution is 6.30. The van der Waals surface area contributed by atoms with Gasteiger partial charge in [-0.25, -0.2) is 4.39 Å². The molecule has 20 heavy (non-hydrogen) atoms. The fraction of sp³-hybridized carbons (Fsp3) is 0.294. The van der Waals surface area contributed by atoms with Gasteiger partial charge in [-0.15, -0.1) is 0 Å². The number of aryl methyl sites for hydroxylation is 2. The molecule has 0 aromatic heterocycles. The fourth-order valence-electron chi connectivity index (χ4n) is 2.87. The summed E-state index contributed by atoms with van der Waals surface area (Å²) in [5, 5.41) is 0.137. The minimum absolute atomic E-state index is 0.137. The molecule has 2 aromatic rings. The van der Waals surface area contributed by atoms with Crippen LogP contribution >= 0.6 is 11.6 Å². The maximum atomic E-state index is 13.5. The highest BCUT2D eigenvalue weighted by atomic mass is 35.5. The van der Waals surface area contributed by atoms with Crippen LogP contribution in [0.3, 0.4) is 0 Å². The Labute approximate surface area is 123 Å². The number of rotatable bonds is 3. The van der Waals surface area contributed by atoms with E-state index >= 15 is 0 Å². The summed E-state index contributed by atoms with van der Waals surface area (Å²) >= 11 is 5.69. The van der Waals surface area contributed by atoms with Gasteiger partial charge in [0.1, 0.15) is 5.82 Å². The maximum Gasteiger partial charge on any atom is 0.142 e. The van der Waals surface area contributed by atoms with E-state index < -0.39 is 5.82 Å². The Morgan fingerprint density at radius 1 is 1.10 bits per heavy atom. The molecule has 0 saturated heterocycles. The van der Waals surface area contributed by atoms with Crippen molar-refractivity contribution in [2.45, 2.75) is 31.7 Å². The molecule has 0 heterocycles. The van der Waals surface area contributed by atoms with E-state index in [4.69, 9.17) is 17.3 Å². The SMILES string of the molecule is NC(Cc1ccc2c(c1)CCC2)c1ccc(Cl)c(F)c1. The third-order valence-electron chi connectivity index (χ3n) is 3.99. The van der Waals surface area contributed by atoms with Gasteiger partial charge in [0.15, 0.2) is 0 Å². The van der Waals surface area contributed by atoms with Crippen molar-refractivity contribution in [3.8, 4) is 0 Å². The number of halogens is 2. The zero-order chi connectivity index (χ0) is 14.1. The molecule has 104 valence electrons. The van der Waals surface area contributed by atoms with Crippen LogP contribution in [0.5, 0.6) is 0 Å². The molecule has 0 aliphatic heterocycles. The second-order valence-electron chi connectivity index (χ2n) is 5.44. The summed E-state index contributed by atoms with van der Waals surface area (Å²) in [7, 11) is 0. The minimum atomic E-state index is -0.409. The second-order valence-corrected chi connectivity index (χ2v) is 5.85. The standard InChI is InChI=1S/C17H17ClFN/c18-15-7-6-14(10-16(15)19)17(20)9-11-4-5-12-2-1-3-13(12)8-11/h4-8,10,17H,1-3,9,20H2. The highest BCUT2D eigenvalue weighted by Gasteiger charge is 2.13. The Morgan fingerprint density at radius 3 is 2.70 bits per heavy atom. The van der Waals surface area contributed by atoms with E-state index in [1.807, 2.05) is 0 Å². The predicted octanol–water partition coefficient (Wildman–Crippen LogP) is 4.21. The van der Waals surface area contributed by atoms with Crippen molar-refractivity contribution in [1.82, 2.24) is 0 Å². The van der Waals surface area contributed by atoms with E-state index in [-0.39, 0.29) is 11.1 Å². The van der Waals surface area contributed by atoms with Crippen LogP contribution in [0.4, 0.5) is 4.39 Å². The van der Waals surface area contributed by atoms with E-state index in [0.29, 0.717) is 6.42 Å². The zero-order valence-electron chi connectivity index (χ0n) is 11.2. The Hall–Kier alpha value is -1.38. The van der Waals surface area contributed by atoms with E-state index in [1.165, 1.54) is 35.6 Å². The first-order chi connectivity index (χ1) is 9.63. The quantitative estimate of drug-likeness (QED) is 0.900. The first-order valence-electron chi connectivity index (χ1n) is 6.94. The number of hydrogen-bond acceptors (Lipinski definition) is 1. The van der Waals surface area contributed by atoms with Gasteiger partial charge in [0.05, 0.1) is 5.02 Å². The summed E-state index contributed by atoms with van der Waals surface area (Å²) in [4.78, 5) is 0. The monoisotopic (exact) mass is 289 g/mol. The van der Waals surface area contributed by atoms with Gasteiger partial charge < -0.3 is 5.73 Å². The average molecular weight is 290 g/mol. The molecule has 1 unspecified atom stereocenters. The molecule has 1 nitrogen and oxygen atoms in total. The summed E-state index contributed by atoms with van der Waals surface area (Å²) in [6, 6.07) is 11.2. The fourth-order valence-corrected chi connectivity index (χ4v) is 2.98. The van der Waals surface area contributed by atoms with Gasteiger partial charge in [-0.3, -0.25) is 0 Å². The summed E-state index contributed by atoms with van der Waals surface area (Å²) in [6.45, 7) is 0. The lowest BCUT2D eigenvalue weighted by atomic mass is 9.97. The summed E-state index contributed by atoms with van der Waals surface area (Å²) in [5.74, 6) is -0.409. The van der Waals surface area contributed by atoms with Crippen molar-refractivity contribution in [3.05, 3.63) is 69.5 Å². The van der Waals surface area contributed by atoms with Gasteiger partial charge in [-0.1, -0.05) is 35.9 Å². The van der Waals surface area contributed by atoms with Crippen LogP contribution in [0.1, 0.15) is 34.7 Å². The number of benzene rings is 2. The number of hydrogen-bond donors (Lipinski definition) is 1. The van der Waals surface area contributed by atoms with E-state index in [2.05, 4.69) is 18.2 Å². The molecule has 1 aliphatic rings. The summed E-state index contributed by atoms with van der Waals surface area (Å²) in [5.41, 5.74) is 11.1. The summed E-state index contributed by atoms with van der Waals surface area (Å²) < 4.78 is 13.5. The summed E-state index contributed by atoms with van der Waals surface area (Å²) in [6.07, 6.45) is 4.31. The van der Waals surface area contributed by atoms with Crippen LogP contribution in [0, 0.1) is 5.82 Å². The number of nitrogens with two attached hydrogens (primary N) is 1. The molecule has 0 bridgehead atoms. The predicted molar refractivity (Wildman–Crippen MR) is 80.5 cm³/mol. The van der Waals surface area contributed by atoms with Gasteiger partial charge in [0.2, 0.25) is 0 Å². The van der Waals surface area contributed by atoms with Gasteiger partial charge in [0.25, 0.3) is 0 Å². The van der Waals surface area contributed by atoms with Gasteiger partial charge in [-0.2, -0.15) is 0 Å². The topological polar surface area (TPSA) is 26.0 Å². The van der Waals surface area contributed by atoms with Crippen LogP contribution in [0.15, 0.2) is 36.4 Å². The first kappa shape index (κ1) is 13.6. The van der Waals surface area contributed by atoms with Gasteiger partial charge in [0, 0.05) is 6.04 Å². The van der Waals surface area contributed by atoms with Crippen molar-refractivity contribution in [2.24, 2.45) is 5.73 Å². The normalized spacial score (nSPS) is 15.2. The van der Waals surface area contributed by atoms with Crippen molar-refractivity contribution >= 4 is 11.6 Å². The zero-order valence-corrected chi connectivity index (χ0v) is 12.0. The smallest absolute Gasteiger partial charge is 0.142 e. The maximum absolute atomic E-state index is 13.5. The molecule has 0 saturated carbocycles. The van der Waals surface area contributed by atoms with E-state index in [9.17, 15) is 4.39 Å². The molecule has 2 aromatic carbocycles. The third-order valence-corrected chi connectivity index (χ3v) is 4.30. The average Bonchev–Trinajstić information content (AvgIpc) is 2.89. The van der Waals surface area contributed by atoms with Crippen LogP contribution in [0.25, 0.3) is 0 Å². The van der Waals surface area contributed by atoms with E-state index in [0.717, 1.165) is 12.0 Å². The molecule has 1 atom stereocenters. The van der Waals surface area contributed by atoms with Crippen molar-refractivity contribution < 1.29 is 4.39 Å². The third kappa shape index (κ3) is 2.72. The Kier molecular flexibility index (Phi) is 3.77. The molecular formula is C17H17ClFN. The molecule has 0 radical (unpaired) electrons. The molecule has 0 amide bonds. The van der Waals surface area contributed by atoms with Gasteiger partial charge >= 0.3 is 0 Å². The van der Waals surface area contributed by atoms with Crippen molar-refractivity contribution in [1.29, 1.82) is 0 Å². The van der Waals surface area contributed by atoms with E-state index in [1.54, 1.807) is 12.1 Å². The largest absolute Gasteiger partial charge is 0.324 e. The van der Waals surface area contributed by atoms with Crippen LogP contribution in [-0.2, 0) is 19.3 Å². The Balaban J connectivity index is 1.78. The van der Waals surface area contributed by atoms with Gasteiger partial charge in [-0.05, 0) is 60.1 Å². The molecule has 0 fully saturated rings. The molecule has 3 heteroatoms. The number of fused-ring (bicyclic) bond motifs is 1. The molecule has 1 aliphatic carbocycles. The van der Waals surface area contributed by atoms with Crippen molar-refractivity contribution in [2.75, 3.05) is 0 Å². The Morgan fingerprint density at radius 2 is 1.90 bits per heavy atom. The van der Waals surface area contributed by atoms with Crippen LogP contribution < -0.4 is 5.73 Å². The van der Waals surface area contributed by atoms with Crippen LogP contribution in [0.2, 0.25) is 5.02 Å². The first-order valence-corrected chi connectivity index (χ1v) is 7.32. The molecule has 3 rings (SSSR count). The highest BCUT2D eigenvalue weighted by Crippen LogP contribution is 2.26. The lowest BCUT2D eigenvalue weighted by Crippen LogP contribution is -2.13. The lowest BCUT2D eigenvalue weighted by molar-refractivity contribution is 0.619. The molecule has 2 N–H and O–H groups in total. The van der Waals surface area contributed by atoms with Crippen molar-refractivity contribution in [3.63, 3.8) is 0 Å². The Bertz CT molecular complexity index is 639. The minimum Gasteiger partial charge on any atom is -0.324 e. The van der Waals surface area contributed by atoms with Crippen LogP contribution in [-0.4, -0.2) is 0 Å².